The predicted molar refractivity (Wildman–Crippen MR) is 203 cm³/mol. The topological polar surface area (TPSA) is 19.4 Å². The van der Waals surface area contributed by atoms with Crippen molar-refractivity contribution in [2.75, 3.05) is 16.3 Å². The number of aryl methyl sites for hydroxylation is 1. The van der Waals surface area contributed by atoms with Gasteiger partial charge in [0.25, 0.3) is 0 Å². The zero-order valence-corrected chi connectivity index (χ0v) is 27.4. The van der Waals surface area contributed by atoms with E-state index in [0.717, 1.165) is 35.7 Å². The predicted octanol–water partition coefficient (Wildman–Crippen LogP) is 11.6. The summed E-state index contributed by atoms with van der Waals surface area (Å²) in [5.74, 6) is 0. The zero-order chi connectivity index (χ0) is 32.2. The van der Waals surface area contributed by atoms with Gasteiger partial charge < -0.3 is 9.80 Å². The maximum absolute atomic E-state index is 4.90. The molecule has 0 atom stereocenters. The van der Waals surface area contributed by atoms with Crippen molar-refractivity contribution in [3.63, 3.8) is 0 Å². The second kappa shape index (κ2) is 11.2. The van der Waals surface area contributed by atoms with E-state index in [1.54, 1.807) is 0 Å². The van der Waals surface area contributed by atoms with Crippen LogP contribution >= 0.6 is 0 Å². The maximum Gasteiger partial charge on any atom is 0.0645 e. The molecule has 6 aromatic rings. The second-order valence-electron chi connectivity index (χ2n) is 13.6. The summed E-state index contributed by atoms with van der Waals surface area (Å²) in [6.07, 6.45) is 13.0. The van der Waals surface area contributed by atoms with Crippen molar-refractivity contribution < 1.29 is 0 Å². The molecule has 0 fully saturated rings. The van der Waals surface area contributed by atoms with Gasteiger partial charge in [-0.15, -0.1) is 0 Å². The van der Waals surface area contributed by atoms with E-state index in [1.165, 1.54) is 62.3 Å². The third-order valence-electron chi connectivity index (χ3n) is 10.4. The van der Waals surface area contributed by atoms with E-state index in [2.05, 4.69) is 169 Å². The molecule has 9 rings (SSSR count). The summed E-state index contributed by atoms with van der Waals surface area (Å²) in [6, 6.07) is 44.2. The first kappa shape index (κ1) is 28.5. The van der Waals surface area contributed by atoms with Crippen molar-refractivity contribution in [2.45, 2.75) is 32.1 Å². The van der Waals surface area contributed by atoms with Gasteiger partial charge in [-0.3, -0.25) is 4.98 Å². The van der Waals surface area contributed by atoms with Crippen LogP contribution in [0.3, 0.4) is 0 Å². The standard InChI is InChI=1S/C45H37N3/c1-45(2)40-28-31(18-25-38(40)39-26-24-36(29-41(39)45)47-27-9-13-32-10-3-6-14-42(32)47)17-21-35-22-23-37(30-46-35)48-43-15-7-4-11-33(43)19-20-34-12-5-8-16-44(34)48/h3-8,10-12,14-26,28-30H,9,13,27H2,1-2H3/b21-17+. The number of rotatable bonds is 4. The summed E-state index contributed by atoms with van der Waals surface area (Å²) in [5, 5.41) is 0. The number of nitrogens with zero attached hydrogens (tertiary/aromatic N) is 3. The molecule has 3 aliphatic rings. The molecular weight excluding hydrogens is 583 g/mol. The Morgan fingerprint density at radius 2 is 1.27 bits per heavy atom. The van der Waals surface area contributed by atoms with Crippen molar-refractivity contribution >= 4 is 52.7 Å². The van der Waals surface area contributed by atoms with Gasteiger partial charge in [-0.05, 0) is 106 Å². The largest absolute Gasteiger partial charge is 0.341 e. The quantitative estimate of drug-likeness (QED) is 0.195. The zero-order valence-electron chi connectivity index (χ0n) is 27.4. The van der Waals surface area contributed by atoms with Gasteiger partial charge in [-0.2, -0.15) is 0 Å². The minimum atomic E-state index is -0.0890. The number of hydrogen-bond acceptors (Lipinski definition) is 3. The van der Waals surface area contributed by atoms with Crippen LogP contribution in [0.5, 0.6) is 0 Å². The van der Waals surface area contributed by atoms with Crippen LogP contribution in [0, 0.1) is 0 Å². The van der Waals surface area contributed by atoms with Crippen molar-refractivity contribution in [1.82, 2.24) is 4.98 Å². The molecule has 0 radical (unpaired) electrons. The van der Waals surface area contributed by atoms with Gasteiger partial charge in [0, 0.05) is 23.3 Å². The Hall–Kier alpha value is -5.67. The van der Waals surface area contributed by atoms with E-state index in [9.17, 15) is 0 Å². The van der Waals surface area contributed by atoms with Crippen LogP contribution in [-0.4, -0.2) is 11.5 Å². The molecule has 1 aromatic heterocycles. The van der Waals surface area contributed by atoms with Gasteiger partial charge in [-0.1, -0.05) is 111 Å². The van der Waals surface area contributed by atoms with Crippen LogP contribution in [0.1, 0.15) is 59.3 Å². The first-order valence-corrected chi connectivity index (χ1v) is 17.0. The Morgan fingerprint density at radius 1 is 0.625 bits per heavy atom. The van der Waals surface area contributed by atoms with Gasteiger partial charge in [0.15, 0.2) is 0 Å². The number of pyridine rings is 1. The van der Waals surface area contributed by atoms with E-state index in [1.807, 2.05) is 6.20 Å². The second-order valence-corrected chi connectivity index (χ2v) is 13.6. The maximum atomic E-state index is 4.90. The summed E-state index contributed by atoms with van der Waals surface area (Å²) in [5.41, 5.74) is 17.3. The van der Waals surface area contributed by atoms with E-state index in [4.69, 9.17) is 4.98 Å². The highest BCUT2D eigenvalue weighted by molar-refractivity contribution is 5.93. The van der Waals surface area contributed by atoms with Crippen molar-refractivity contribution in [3.05, 3.63) is 167 Å². The molecule has 232 valence electrons. The molecule has 0 saturated carbocycles. The number of anilines is 5. The lowest BCUT2D eigenvalue weighted by Crippen LogP contribution is -2.25. The van der Waals surface area contributed by atoms with Crippen LogP contribution in [0.2, 0.25) is 0 Å². The van der Waals surface area contributed by atoms with Gasteiger partial charge in [0.2, 0.25) is 0 Å². The van der Waals surface area contributed by atoms with Crippen LogP contribution in [0.25, 0.3) is 35.4 Å². The van der Waals surface area contributed by atoms with Crippen molar-refractivity contribution in [1.29, 1.82) is 0 Å². The highest BCUT2D eigenvalue weighted by Crippen LogP contribution is 2.51. The van der Waals surface area contributed by atoms with Crippen molar-refractivity contribution in [3.8, 4) is 11.1 Å². The summed E-state index contributed by atoms with van der Waals surface area (Å²) in [6.45, 7) is 5.80. The lowest BCUT2D eigenvalue weighted by atomic mass is 9.81. The Balaban J connectivity index is 0.992. The van der Waals surface area contributed by atoms with Gasteiger partial charge >= 0.3 is 0 Å². The van der Waals surface area contributed by atoms with E-state index < -0.39 is 0 Å². The van der Waals surface area contributed by atoms with Crippen LogP contribution < -0.4 is 9.80 Å². The summed E-state index contributed by atoms with van der Waals surface area (Å²) in [7, 11) is 0. The summed E-state index contributed by atoms with van der Waals surface area (Å²) < 4.78 is 0. The number of fused-ring (bicyclic) bond motifs is 6. The average Bonchev–Trinajstić information content (AvgIpc) is 3.24. The fraction of sp³-hybridized carbons (Fsp3) is 0.133. The number of aromatic nitrogens is 1. The van der Waals surface area contributed by atoms with E-state index in [0.29, 0.717) is 0 Å². The monoisotopic (exact) mass is 619 g/mol. The molecule has 0 N–H and O–H groups in total. The van der Waals surface area contributed by atoms with Crippen LogP contribution in [0.4, 0.5) is 28.4 Å². The Kier molecular flexibility index (Phi) is 6.69. The Labute approximate surface area is 283 Å². The number of para-hydroxylation sites is 3. The van der Waals surface area contributed by atoms with Crippen LogP contribution in [-0.2, 0) is 11.8 Å². The highest BCUT2D eigenvalue weighted by Gasteiger charge is 2.36. The van der Waals surface area contributed by atoms with Crippen LogP contribution in [0.15, 0.2) is 128 Å². The molecule has 5 aromatic carbocycles. The SMILES string of the molecule is CC1(C)c2cc(/C=C/c3ccc(N4c5ccccc5C=Cc5ccccc54)cn3)ccc2-c2ccc(N3CCCc4ccccc43)cc21. The van der Waals surface area contributed by atoms with Gasteiger partial charge in [0.05, 0.1) is 29.0 Å². The van der Waals surface area contributed by atoms with E-state index in [-0.39, 0.29) is 5.41 Å². The molecule has 3 heterocycles. The average molecular weight is 620 g/mol. The molecule has 3 heteroatoms. The fourth-order valence-electron chi connectivity index (χ4n) is 7.88. The lowest BCUT2D eigenvalue weighted by Gasteiger charge is -2.32. The fourth-order valence-corrected chi connectivity index (χ4v) is 7.88. The molecule has 0 bridgehead atoms. The normalized spacial score (nSPS) is 15.4. The molecule has 0 amide bonds. The molecule has 2 aliphatic heterocycles. The number of benzene rings is 5. The molecular formula is C45H37N3. The third kappa shape index (κ3) is 4.69. The minimum Gasteiger partial charge on any atom is -0.341 e. The summed E-state index contributed by atoms with van der Waals surface area (Å²) in [4.78, 5) is 9.71. The highest BCUT2D eigenvalue weighted by atomic mass is 15.2. The summed E-state index contributed by atoms with van der Waals surface area (Å²) >= 11 is 0. The Morgan fingerprint density at radius 3 is 2.00 bits per heavy atom. The number of hydrogen-bond donors (Lipinski definition) is 0. The van der Waals surface area contributed by atoms with E-state index >= 15 is 0 Å². The molecule has 0 spiro atoms. The molecule has 0 unspecified atom stereocenters. The minimum absolute atomic E-state index is 0.0890. The van der Waals surface area contributed by atoms with Gasteiger partial charge in [0.1, 0.15) is 0 Å². The molecule has 48 heavy (non-hydrogen) atoms. The lowest BCUT2D eigenvalue weighted by molar-refractivity contribution is 0.659. The third-order valence-corrected chi connectivity index (χ3v) is 10.4. The van der Waals surface area contributed by atoms with Crippen molar-refractivity contribution in [2.24, 2.45) is 0 Å². The first-order valence-electron chi connectivity index (χ1n) is 17.0. The molecule has 1 aliphatic carbocycles. The molecule has 0 saturated heterocycles. The Bertz CT molecular complexity index is 2210. The smallest absolute Gasteiger partial charge is 0.0645 e. The van der Waals surface area contributed by atoms with Gasteiger partial charge in [-0.25, -0.2) is 0 Å². The molecule has 3 nitrogen and oxygen atoms in total. The first-order chi connectivity index (χ1) is 23.5.